The number of benzene rings is 1. The molecule has 1 heterocycles. The van der Waals surface area contributed by atoms with Gasteiger partial charge in [-0.15, -0.1) is 0 Å². The van der Waals surface area contributed by atoms with Crippen LogP contribution >= 0.6 is 11.6 Å². The zero-order chi connectivity index (χ0) is 14.7. The second kappa shape index (κ2) is 6.70. The van der Waals surface area contributed by atoms with Crippen molar-refractivity contribution >= 4 is 17.4 Å². The summed E-state index contributed by atoms with van der Waals surface area (Å²) in [5.41, 5.74) is 0.708. The van der Waals surface area contributed by atoms with Gasteiger partial charge in [0, 0.05) is 10.6 Å². The van der Waals surface area contributed by atoms with Crippen LogP contribution in [0.25, 0.3) is 0 Å². The molecule has 2 rings (SSSR count). The van der Waals surface area contributed by atoms with Crippen molar-refractivity contribution in [2.45, 2.75) is 38.8 Å². The van der Waals surface area contributed by atoms with E-state index in [1.807, 2.05) is 13.8 Å². The Balaban J connectivity index is 1.96. The van der Waals surface area contributed by atoms with Gasteiger partial charge in [-0.1, -0.05) is 11.6 Å². The van der Waals surface area contributed by atoms with Crippen molar-refractivity contribution in [1.82, 2.24) is 4.90 Å². The van der Waals surface area contributed by atoms with E-state index >= 15 is 0 Å². The maximum absolute atomic E-state index is 12.4. The summed E-state index contributed by atoms with van der Waals surface area (Å²) >= 11 is 5.84. The van der Waals surface area contributed by atoms with E-state index in [9.17, 15) is 9.90 Å². The Morgan fingerprint density at radius 2 is 1.80 bits per heavy atom. The van der Waals surface area contributed by atoms with Crippen LogP contribution in [0, 0.1) is 5.92 Å². The smallest absolute Gasteiger partial charge is 0.179 e. The third-order valence-electron chi connectivity index (χ3n) is 4.31. The Morgan fingerprint density at radius 3 is 2.30 bits per heavy atom. The SMILES string of the molecule is CC(O)C1CCN(C(C)C(=O)c2ccc(Cl)cc2)CC1. The number of aliphatic hydroxyl groups excluding tert-OH is 1. The molecule has 0 saturated carbocycles. The molecule has 0 spiro atoms. The highest BCUT2D eigenvalue weighted by atomic mass is 35.5. The Labute approximate surface area is 125 Å². The maximum atomic E-state index is 12.4. The lowest BCUT2D eigenvalue weighted by Crippen LogP contribution is -2.45. The van der Waals surface area contributed by atoms with Crippen LogP contribution in [-0.2, 0) is 0 Å². The first-order valence-electron chi connectivity index (χ1n) is 7.21. The fourth-order valence-corrected chi connectivity index (χ4v) is 2.94. The number of piperidine rings is 1. The van der Waals surface area contributed by atoms with Crippen LogP contribution in [0.5, 0.6) is 0 Å². The number of Topliss-reactive ketones (excluding diaryl/α,β-unsaturated/α-hetero) is 1. The van der Waals surface area contributed by atoms with Crippen molar-refractivity contribution in [3.63, 3.8) is 0 Å². The van der Waals surface area contributed by atoms with Gasteiger partial charge in [0.1, 0.15) is 0 Å². The fraction of sp³-hybridized carbons (Fsp3) is 0.562. The van der Waals surface area contributed by atoms with E-state index in [1.165, 1.54) is 0 Å². The van der Waals surface area contributed by atoms with E-state index in [2.05, 4.69) is 4.90 Å². The summed E-state index contributed by atoms with van der Waals surface area (Å²) in [6, 6.07) is 6.95. The summed E-state index contributed by atoms with van der Waals surface area (Å²) in [7, 11) is 0. The van der Waals surface area contributed by atoms with Gasteiger partial charge < -0.3 is 5.11 Å². The van der Waals surface area contributed by atoms with Crippen molar-refractivity contribution < 1.29 is 9.90 Å². The zero-order valence-corrected chi connectivity index (χ0v) is 12.8. The van der Waals surface area contributed by atoms with Gasteiger partial charge in [-0.2, -0.15) is 0 Å². The number of hydrogen-bond donors (Lipinski definition) is 1. The molecule has 1 N–H and O–H groups in total. The Bertz CT molecular complexity index is 450. The first-order chi connectivity index (χ1) is 9.49. The van der Waals surface area contributed by atoms with Gasteiger partial charge in [0.25, 0.3) is 0 Å². The van der Waals surface area contributed by atoms with Crippen molar-refractivity contribution in [3.8, 4) is 0 Å². The third kappa shape index (κ3) is 3.60. The molecule has 3 nitrogen and oxygen atoms in total. The Morgan fingerprint density at radius 1 is 1.25 bits per heavy atom. The van der Waals surface area contributed by atoms with Crippen LogP contribution in [0.15, 0.2) is 24.3 Å². The first-order valence-corrected chi connectivity index (χ1v) is 7.58. The Kier molecular flexibility index (Phi) is 5.19. The van der Waals surface area contributed by atoms with Crippen LogP contribution in [-0.4, -0.2) is 41.0 Å². The quantitative estimate of drug-likeness (QED) is 0.868. The molecule has 0 radical (unpaired) electrons. The zero-order valence-electron chi connectivity index (χ0n) is 12.1. The van der Waals surface area contributed by atoms with Crippen LogP contribution in [0.2, 0.25) is 5.02 Å². The predicted octanol–water partition coefficient (Wildman–Crippen LogP) is 3.00. The van der Waals surface area contributed by atoms with Gasteiger partial charge in [0.2, 0.25) is 0 Å². The van der Waals surface area contributed by atoms with E-state index in [-0.39, 0.29) is 17.9 Å². The predicted molar refractivity (Wildman–Crippen MR) is 81.2 cm³/mol. The topological polar surface area (TPSA) is 40.5 Å². The van der Waals surface area contributed by atoms with Crippen LogP contribution in [0.3, 0.4) is 0 Å². The monoisotopic (exact) mass is 295 g/mol. The van der Waals surface area contributed by atoms with E-state index in [1.54, 1.807) is 24.3 Å². The molecule has 0 aromatic heterocycles. The van der Waals surface area contributed by atoms with Gasteiger partial charge >= 0.3 is 0 Å². The molecular formula is C16H22ClNO2. The number of nitrogens with zero attached hydrogens (tertiary/aromatic N) is 1. The molecule has 1 fully saturated rings. The van der Waals surface area contributed by atoms with Gasteiger partial charge in [-0.3, -0.25) is 9.69 Å². The van der Waals surface area contributed by atoms with Gasteiger partial charge in [0.05, 0.1) is 12.1 Å². The van der Waals surface area contributed by atoms with E-state index in [4.69, 9.17) is 11.6 Å². The average Bonchev–Trinajstić information content (AvgIpc) is 2.46. The normalized spacial score (nSPS) is 20.6. The molecule has 20 heavy (non-hydrogen) atoms. The van der Waals surface area contributed by atoms with Crippen LogP contribution < -0.4 is 0 Å². The molecule has 2 unspecified atom stereocenters. The minimum Gasteiger partial charge on any atom is -0.393 e. The molecule has 0 aliphatic carbocycles. The minimum atomic E-state index is -0.251. The summed E-state index contributed by atoms with van der Waals surface area (Å²) in [5.74, 6) is 0.501. The second-order valence-corrected chi connectivity index (χ2v) is 6.10. The number of halogens is 1. The van der Waals surface area contributed by atoms with Crippen LogP contribution in [0.4, 0.5) is 0 Å². The van der Waals surface area contributed by atoms with Crippen molar-refractivity contribution in [1.29, 1.82) is 0 Å². The maximum Gasteiger partial charge on any atom is 0.179 e. The molecule has 1 aliphatic heterocycles. The van der Waals surface area contributed by atoms with E-state index in [0.717, 1.165) is 25.9 Å². The first kappa shape index (κ1) is 15.5. The third-order valence-corrected chi connectivity index (χ3v) is 4.56. The summed E-state index contributed by atoms with van der Waals surface area (Å²) in [6.07, 6.45) is 1.66. The minimum absolute atomic E-state index is 0.119. The lowest BCUT2D eigenvalue weighted by Gasteiger charge is -2.36. The highest BCUT2D eigenvalue weighted by molar-refractivity contribution is 6.30. The fourth-order valence-electron chi connectivity index (χ4n) is 2.81. The standard InChI is InChI=1S/C16H22ClNO2/c1-11(16(20)14-3-5-15(17)6-4-14)18-9-7-13(8-10-18)12(2)19/h3-6,11-13,19H,7-10H2,1-2H3. The van der Waals surface area contributed by atoms with Gasteiger partial charge in [0.15, 0.2) is 5.78 Å². The molecule has 110 valence electrons. The lowest BCUT2D eigenvalue weighted by atomic mass is 9.91. The average molecular weight is 296 g/mol. The molecule has 0 bridgehead atoms. The van der Waals surface area contributed by atoms with E-state index < -0.39 is 0 Å². The number of carbonyl (C=O) groups excluding carboxylic acids is 1. The highest BCUT2D eigenvalue weighted by Crippen LogP contribution is 2.23. The molecule has 1 aliphatic rings. The molecule has 1 aromatic carbocycles. The van der Waals surface area contributed by atoms with Crippen LogP contribution in [0.1, 0.15) is 37.0 Å². The van der Waals surface area contributed by atoms with Crippen molar-refractivity contribution in [2.75, 3.05) is 13.1 Å². The lowest BCUT2D eigenvalue weighted by molar-refractivity contribution is 0.0527. The molecule has 0 amide bonds. The number of likely N-dealkylation sites (tertiary alicyclic amines) is 1. The Hall–Kier alpha value is -0.900. The number of hydrogen-bond acceptors (Lipinski definition) is 3. The second-order valence-electron chi connectivity index (χ2n) is 5.66. The molecule has 1 saturated heterocycles. The molecule has 1 aromatic rings. The van der Waals surface area contributed by atoms with Crippen molar-refractivity contribution in [2.24, 2.45) is 5.92 Å². The number of rotatable bonds is 4. The molecule has 2 atom stereocenters. The van der Waals surface area contributed by atoms with Gasteiger partial charge in [-0.25, -0.2) is 0 Å². The molecular weight excluding hydrogens is 274 g/mol. The summed E-state index contributed by atoms with van der Waals surface area (Å²) < 4.78 is 0. The highest BCUT2D eigenvalue weighted by Gasteiger charge is 2.28. The number of carbonyl (C=O) groups is 1. The number of ketones is 1. The largest absolute Gasteiger partial charge is 0.393 e. The number of aliphatic hydroxyl groups is 1. The van der Waals surface area contributed by atoms with Crippen molar-refractivity contribution in [3.05, 3.63) is 34.9 Å². The summed E-state index contributed by atoms with van der Waals surface area (Å²) in [6.45, 7) is 5.55. The summed E-state index contributed by atoms with van der Waals surface area (Å²) in [4.78, 5) is 14.6. The summed E-state index contributed by atoms with van der Waals surface area (Å²) in [5, 5.41) is 10.3. The van der Waals surface area contributed by atoms with E-state index in [0.29, 0.717) is 16.5 Å². The molecule has 4 heteroatoms. The van der Waals surface area contributed by atoms with Gasteiger partial charge in [-0.05, 0) is 70.0 Å².